The number of nitrogens with one attached hydrogen (secondary N) is 1. The molecule has 0 bridgehead atoms. The summed E-state index contributed by atoms with van der Waals surface area (Å²) >= 11 is 5.98. The zero-order valence-corrected chi connectivity index (χ0v) is 16.6. The second-order valence-corrected chi connectivity index (χ2v) is 6.46. The quantitative estimate of drug-likeness (QED) is 0.717. The van der Waals surface area contributed by atoms with Gasteiger partial charge in [-0.1, -0.05) is 35.4 Å². The molecule has 28 heavy (non-hydrogen) atoms. The van der Waals surface area contributed by atoms with E-state index in [9.17, 15) is 14.4 Å². The van der Waals surface area contributed by atoms with Crippen molar-refractivity contribution in [2.75, 3.05) is 32.6 Å². The molecule has 0 aliphatic carbocycles. The van der Waals surface area contributed by atoms with Crippen LogP contribution in [0, 0.1) is 6.92 Å². The van der Waals surface area contributed by atoms with Crippen molar-refractivity contribution in [1.29, 1.82) is 0 Å². The number of aryl methyl sites for hydroxylation is 1. The van der Waals surface area contributed by atoms with E-state index in [1.807, 2.05) is 6.92 Å². The van der Waals surface area contributed by atoms with Gasteiger partial charge in [0, 0.05) is 7.05 Å². The van der Waals surface area contributed by atoms with Crippen molar-refractivity contribution < 1.29 is 23.9 Å². The van der Waals surface area contributed by atoms with E-state index >= 15 is 0 Å². The molecule has 0 heterocycles. The molecule has 148 valence electrons. The number of carbonyl (C=O) groups excluding carboxylic acids is 3. The van der Waals surface area contributed by atoms with Gasteiger partial charge in [0.05, 0.1) is 24.4 Å². The standard InChI is InChI=1S/C20H21ClN2O5/c1-13-8-9-17(27-3)14(10-13)20(26)28-12-19(25)23(2)11-18(24)22-16-7-5-4-6-15(16)21/h4-10H,11-12H2,1-3H3,(H,22,24). The van der Waals surface area contributed by atoms with Crippen LogP contribution >= 0.6 is 11.6 Å². The van der Waals surface area contributed by atoms with Crippen molar-refractivity contribution in [1.82, 2.24) is 4.90 Å². The molecular weight excluding hydrogens is 384 g/mol. The van der Waals surface area contributed by atoms with Gasteiger partial charge < -0.3 is 19.7 Å². The first-order valence-electron chi connectivity index (χ1n) is 8.42. The second-order valence-electron chi connectivity index (χ2n) is 6.06. The lowest BCUT2D eigenvalue weighted by Gasteiger charge is -2.17. The third-order valence-corrected chi connectivity index (χ3v) is 4.19. The highest BCUT2D eigenvalue weighted by molar-refractivity contribution is 6.33. The maximum absolute atomic E-state index is 12.2. The van der Waals surface area contributed by atoms with Crippen LogP contribution in [0.25, 0.3) is 0 Å². The minimum atomic E-state index is -0.678. The predicted molar refractivity (Wildman–Crippen MR) is 106 cm³/mol. The molecule has 0 aliphatic rings. The van der Waals surface area contributed by atoms with Crippen molar-refractivity contribution in [2.24, 2.45) is 0 Å². The molecule has 0 aliphatic heterocycles. The number of carbonyl (C=O) groups is 3. The van der Waals surface area contributed by atoms with Crippen LogP contribution in [0.4, 0.5) is 5.69 Å². The van der Waals surface area contributed by atoms with Crippen LogP contribution in [0.1, 0.15) is 15.9 Å². The van der Waals surface area contributed by atoms with Crippen molar-refractivity contribution >= 4 is 35.1 Å². The minimum absolute atomic E-state index is 0.213. The number of esters is 1. The Hall–Kier alpha value is -3.06. The maximum atomic E-state index is 12.2. The monoisotopic (exact) mass is 404 g/mol. The largest absolute Gasteiger partial charge is 0.496 e. The zero-order valence-electron chi connectivity index (χ0n) is 15.8. The summed E-state index contributed by atoms with van der Waals surface area (Å²) in [4.78, 5) is 37.6. The SMILES string of the molecule is COc1ccc(C)cc1C(=O)OCC(=O)N(C)CC(=O)Nc1ccccc1Cl. The average molecular weight is 405 g/mol. The van der Waals surface area contributed by atoms with Crippen LogP contribution in [0.3, 0.4) is 0 Å². The third kappa shape index (κ3) is 5.72. The molecule has 8 heteroatoms. The highest BCUT2D eigenvalue weighted by atomic mass is 35.5. The Morgan fingerprint density at radius 2 is 1.86 bits per heavy atom. The highest BCUT2D eigenvalue weighted by Gasteiger charge is 2.18. The molecule has 0 saturated heterocycles. The van der Waals surface area contributed by atoms with Crippen LogP contribution in [0.2, 0.25) is 5.02 Å². The lowest BCUT2D eigenvalue weighted by molar-refractivity contribution is -0.136. The lowest BCUT2D eigenvalue weighted by atomic mass is 10.1. The van der Waals surface area contributed by atoms with Gasteiger partial charge in [0.2, 0.25) is 5.91 Å². The predicted octanol–water partition coefficient (Wildman–Crippen LogP) is 2.91. The van der Waals surface area contributed by atoms with Gasteiger partial charge >= 0.3 is 5.97 Å². The molecule has 0 aromatic heterocycles. The molecule has 0 atom stereocenters. The Morgan fingerprint density at radius 3 is 2.54 bits per heavy atom. The summed E-state index contributed by atoms with van der Waals surface area (Å²) in [5, 5.41) is 3.01. The number of likely N-dealkylation sites (N-methyl/N-ethyl adjacent to an activating group) is 1. The molecule has 7 nitrogen and oxygen atoms in total. The van der Waals surface area contributed by atoms with E-state index in [4.69, 9.17) is 21.1 Å². The Labute approximate surface area is 168 Å². The molecule has 0 radical (unpaired) electrons. The Balaban J connectivity index is 1.88. The van der Waals surface area contributed by atoms with Crippen molar-refractivity contribution in [3.05, 3.63) is 58.6 Å². The Morgan fingerprint density at radius 1 is 1.14 bits per heavy atom. The topological polar surface area (TPSA) is 84.9 Å². The van der Waals surface area contributed by atoms with Crippen LogP contribution in [0.15, 0.2) is 42.5 Å². The van der Waals surface area contributed by atoms with Crippen LogP contribution in [-0.2, 0) is 14.3 Å². The van der Waals surface area contributed by atoms with Crippen molar-refractivity contribution in [3.8, 4) is 5.75 Å². The van der Waals surface area contributed by atoms with Gasteiger partial charge in [-0.15, -0.1) is 0 Å². The number of halogens is 1. The number of anilines is 1. The van der Waals surface area contributed by atoms with E-state index in [2.05, 4.69) is 5.32 Å². The molecule has 2 aromatic carbocycles. The second kappa shape index (κ2) is 9.75. The summed E-state index contributed by atoms with van der Waals surface area (Å²) in [5.41, 5.74) is 1.54. The molecule has 0 saturated carbocycles. The third-order valence-electron chi connectivity index (χ3n) is 3.86. The van der Waals surface area contributed by atoms with Crippen molar-refractivity contribution in [3.63, 3.8) is 0 Å². The minimum Gasteiger partial charge on any atom is -0.496 e. The number of hydrogen-bond donors (Lipinski definition) is 1. The fourth-order valence-corrected chi connectivity index (χ4v) is 2.54. The van der Waals surface area contributed by atoms with Gasteiger partial charge in [-0.3, -0.25) is 9.59 Å². The van der Waals surface area contributed by atoms with Crippen LogP contribution in [0.5, 0.6) is 5.75 Å². The average Bonchev–Trinajstić information content (AvgIpc) is 2.67. The van der Waals surface area contributed by atoms with Gasteiger partial charge in [0.15, 0.2) is 6.61 Å². The van der Waals surface area contributed by atoms with E-state index in [-0.39, 0.29) is 12.1 Å². The summed E-state index contributed by atoms with van der Waals surface area (Å²) < 4.78 is 10.2. The van der Waals surface area contributed by atoms with Gasteiger partial charge in [0.1, 0.15) is 11.3 Å². The fraction of sp³-hybridized carbons (Fsp3) is 0.250. The molecule has 2 rings (SSSR count). The number of benzene rings is 2. The molecule has 2 amide bonds. The molecule has 2 aromatic rings. The number of para-hydroxylation sites is 1. The Kier molecular flexibility index (Phi) is 7.40. The number of nitrogens with zero attached hydrogens (tertiary/aromatic N) is 1. The van der Waals surface area contributed by atoms with Gasteiger partial charge in [-0.05, 0) is 31.2 Å². The molecular formula is C20H21ClN2O5. The normalized spacial score (nSPS) is 10.1. The number of hydrogen-bond acceptors (Lipinski definition) is 5. The smallest absolute Gasteiger partial charge is 0.342 e. The van der Waals surface area contributed by atoms with Crippen LogP contribution < -0.4 is 10.1 Å². The zero-order chi connectivity index (χ0) is 20.7. The Bertz CT molecular complexity index is 885. The number of ether oxygens (including phenoxy) is 2. The highest BCUT2D eigenvalue weighted by Crippen LogP contribution is 2.21. The van der Waals surface area contributed by atoms with E-state index < -0.39 is 24.4 Å². The van der Waals surface area contributed by atoms with Gasteiger partial charge in [-0.2, -0.15) is 0 Å². The van der Waals surface area contributed by atoms with Crippen LogP contribution in [-0.4, -0.2) is 50.0 Å². The summed E-state index contributed by atoms with van der Waals surface area (Å²) in [6.07, 6.45) is 0. The summed E-state index contributed by atoms with van der Waals surface area (Å²) in [7, 11) is 2.88. The first kappa shape index (κ1) is 21.2. The summed E-state index contributed by atoms with van der Waals surface area (Å²) in [6, 6.07) is 11.8. The fourth-order valence-electron chi connectivity index (χ4n) is 2.35. The van der Waals surface area contributed by atoms with E-state index in [0.29, 0.717) is 16.5 Å². The number of amides is 2. The summed E-state index contributed by atoms with van der Waals surface area (Å²) in [5.74, 6) is -1.26. The molecule has 0 fully saturated rings. The molecule has 0 spiro atoms. The van der Waals surface area contributed by atoms with Gasteiger partial charge in [-0.25, -0.2) is 4.79 Å². The first-order chi connectivity index (χ1) is 13.3. The van der Waals surface area contributed by atoms with E-state index in [1.165, 1.54) is 14.2 Å². The first-order valence-corrected chi connectivity index (χ1v) is 8.79. The van der Waals surface area contributed by atoms with E-state index in [1.54, 1.807) is 42.5 Å². The lowest BCUT2D eigenvalue weighted by Crippen LogP contribution is -2.37. The maximum Gasteiger partial charge on any atom is 0.342 e. The van der Waals surface area contributed by atoms with E-state index in [0.717, 1.165) is 10.5 Å². The summed E-state index contributed by atoms with van der Waals surface area (Å²) in [6.45, 7) is 1.12. The molecule has 0 unspecified atom stereocenters. The van der Waals surface area contributed by atoms with Crippen molar-refractivity contribution in [2.45, 2.75) is 6.92 Å². The number of rotatable bonds is 7. The number of methoxy groups -OCH3 is 1. The van der Waals surface area contributed by atoms with Gasteiger partial charge in [0.25, 0.3) is 5.91 Å². The molecule has 1 N–H and O–H groups in total.